The Morgan fingerprint density at radius 1 is 1.00 bits per heavy atom. The summed E-state index contributed by atoms with van der Waals surface area (Å²) >= 11 is 0. The number of aliphatic hydroxyl groups is 1. The third-order valence-corrected chi connectivity index (χ3v) is 4.67. The minimum absolute atomic E-state index is 0.104. The smallest absolute Gasteiger partial charge is 0.262 e. The molecule has 0 radical (unpaired) electrons. The number of piperidine rings is 1. The van der Waals surface area contributed by atoms with Crippen LogP contribution in [-0.2, 0) is 22.4 Å². The molecular formula is C16H14N2O5. The fourth-order valence-corrected chi connectivity index (χ4v) is 3.57. The minimum Gasteiger partial charge on any atom is -0.392 e. The van der Waals surface area contributed by atoms with Crippen molar-refractivity contribution in [2.75, 3.05) is 0 Å². The molecule has 1 atom stereocenters. The first-order valence-electron chi connectivity index (χ1n) is 7.51. The molecule has 1 unspecified atom stereocenters. The van der Waals surface area contributed by atoms with Crippen LogP contribution in [0.3, 0.4) is 0 Å². The molecule has 0 spiro atoms. The second-order valence-electron chi connectivity index (χ2n) is 6.18. The van der Waals surface area contributed by atoms with Crippen LogP contribution in [0.15, 0.2) is 12.1 Å². The highest BCUT2D eigenvalue weighted by Crippen LogP contribution is 2.33. The van der Waals surface area contributed by atoms with Crippen LogP contribution in [0.4, 0.5) is 0 Å². The van der Waals surface area contributed by atoms with Gasteiger partial charge in [0.1, 0.15) is 6.04 Å². The molecule has 1 aromatic rings. The van der Waals surface area contributed by atoms with E-state index in [1.807, 2.05) is 0 Å². The number of carbonyl (C=O) groups is 4. The van der Waals surface area contributed by atoms with Crippen molar-refractivity contribution in [2.24, 2.45) is 0 Å². The molecule has 23 heavy (non-hydrogen) atoms. The van der Waals surface area contributed by atoms with Crippen molar-refractivity contribution in [3.05, 3.63) is 34.4 Å². The molecule has 2 N–H and O–H groups in total. The number of benzene rings is 1. The zero-order chi connectivity index (χ0) is 16.3. The Balaban J connectivity index is 1.71. The topological polar surface area (TPSA) is 104 Å². The molecule has 7 heteroatoms. The van der Waals surface area contributed by atoms with Crippen LogP contribution in [0.2, 0.25) is 0 Å². The average molecular weight is 314 g/mol. The highest BCUT2D eigenvalue weighted by molar-refractivity contribution is 6.23. The predicted molar refractivity (Wildman–Crippen MR) is 76.5 cm³/mol. The molecule has 118 valence electrons. The SMILES string of the molecule is O=C1CCC(N2C(=O)c3cc4c(cc3C2=O)CC(O)C4)C(=O)N1. The molecule has 0 bridgehead atoms. The molecule has 2 aliphatic heterocycles. The number of hydrogen-bond donors (Lipinski definition) is 2. The van der Waals surface area contributed by atoms with Crippen molar-refractivity contribution in [3.8, 4) is 0 Å². The molecule has 3 aliphatic rings. The molecule has 4 amide bonds. The summed E-state index contributed by atoms with van der Waals surface area (Å²) in [6, 6.07) is 2.35. The van der Waals surface area contributed by atoms with Gasteiger partial charge in [-0.3, -0.25) is 29.4 Å². The van der Waals surface area contributed by atoms with E-state index in [1.54, 1.807) is 12.1 Å². The van der Waals surface area contributed by atoms with Crippen LogP contribution in [0.1, 0.15) is 44.7 Å². The van der Waals surface area contributed by atoms with Gasteiger partial charge in [0, 0.05) is 6.42 Å². The standard InChI is InChI=1S/C16H14N2O5/c19-9-3-7-5-10-11(6-8(7)4-9)16(23)18(15(10)22)12-1-2-13(20)17-14(12)21/h5-6,9,12,19H,1-4H2,(H,17,20,21). The number of aliphatic hydroxyl groups excluding tert-OH is 1. The Morgan fingerprint density at radius 2 is 1.57 bits per heavy atom. The molecule has 0 aromatic heterocycles. The van der Waals surface area contributed by atoms with Gasteiger partial charge in [0.25, 0.3) is 11.8 Å². The number of nitrogens with zero attached hydrogens (tertiary/aromatic N) is 1. The number of amides is 4. The van der Waals surface area contributed by atoms with Gasteiger partial charge < -0.3 is 5.11 Å². The largest absolute Gasteiger partial charge is 0.392 e. The van der Waals surface area contributed by atoms with Crippen molar-refractivity contribution in [1.29, 1.82) is 0 Å². The Labute approximate surface area is 131 Å². The fourth-order valence-electron chi connectivity index (χ4n) is 3.57. The van der Waals surface area contributed by atoms with Gasteiger partial charge in [0.05, 0.1) is 17.2 Å². The van der Waals surface area contributed by atoms with Gasteiger partial charge in [-0.25, -0.2) is 0 Å². The highest BCUT2D eigenvalue weighted by atomic mass is 16.3. The second-order valence-corrected chi connectivity index (χ2v) is 6.18. The molecule has 1 fully saturated rings. The maximum absolute atomic E-state index is 12.6. The Bertz CT molecular complexity index is 740. The minimum atomic E-state index is -0.944. The molecule has 1 saturated heterocycles. The molecule has 4 rings (SSSR count). The lowest BCUT2D eigenvalue weighted by Gasteiger charge is -2.27. The fraction of sp³-hybridized carbons (Fsp3) is 0.375. The quantitative estimate of drug-likeness (QED) is 0.683. The van der Waals surface area contributed by atoms with Gasteiger partial charge in [-0.05, 0) is 42.5 Å². The van der Waals surface area contributed by atoms with Crippen LogP contribution in [0, 0.1) is 0 Å². The number of nitrogens with one attached hydrogen (secondary N) is 1. The van der Waals surface area contributed by atoms with Crippen molar-refractivity contribution in [3.63, 3.8) is 0 Å². The summed E-state index contributed by atoms with van der Waals surface area (Å²) in [5.41, 5.74) is 2.27. The first-order valence-corrected chi connectivity index (χ1v) is 7.51. The van der Waals surface area contributed by atoms with Crippen LogP contribution < -0.4 is 5.32 Å². The predicted octanol–water partition coefficient (Wildman–Crippen LogP) is -0.453. The summed E-state index contributed by atoms with van der Waals surface area (Å²) < 4.78 is 0. The van der Waals surface area contributed by atoms with Gasteiger partial charge in [-0.15, -0.1) is 0 Å². The van der Waals surface area contributed by atoms with Crippen molar-refractivity contribution < 1.29 is 24.3 Å². The van der Waals surface area contributed by atoms with Crippen molar-refractivity contribution in [1.82, 2.24) is 10.2 Å². The number of hydrogen-bond acceptors (Lipinski definition) is 5. The Morgan fingerprint density at radius 3 is 2.09 bits per heavy atom. The number of carbonyl (C=O) groups excluding carboxylic acids is 4. The van der Waals surface area contributed by atoms with Gasteiger partial charge in [-0.1, -0.05) is 0 Å². The van der Waals surface area contributed by atoms with E-state index in [2.05, 4.69) is 5.32 Å². The normalized spacial score (nSPS) is 24.0. The maximum Gasteiger partial charge on any atom is 0.262 e. The molecule has 1 aromatic carbocycles. The van der Waals surface area contributed by atoms with Gasteiger partial charge in [0.15, 0.2) is 0 Å². The molecule has 2 heterocycles. The lowest BCUT2D eigenvalue weighted by Crippen LogP contribution is -2.54. The third kappa shape index (κ3) is 2.00. The summed E-state index contributed by atoms with van der Waals surface area (Å²) in [5, 5.41) is 11.9. The summed E-state index contributed by atoms with van der Waals surface area (Å²) in [5.74, 6) is -2.03. The first kappa shape index (κ1) is 14.1. The summed E-state index contributed by atoms with van der Waals surface area (Å²) in [6.07, 6.45) is 0.690. The third-order valence-electron chi connectivity index (χ3n) is 4.67. The zero-order valence-corrected chi connectivity index (χ0v) is 12.2. The van der Waals surface area contributed by atoms with E-state index < -0.39 is 35.8 Å². The number of fused-ring (bicyclic) bond motifs is 2. The molecular weight excluding hydrogens is 300 g/mol. The van der Waals surface area contributed by atoms with Crippen LogP contribution >= 0.6 is 0 Å². The van der Waals surface area contributed by atoms with E-state index in [-0.39, 0.29) is 24.0 Å². The van der Waals surface area contributed by atoms with Gasteiger partial charge in [-0.2, -0.15) is 0 Å². The van der Waals surface area contributed by atoms with Crippen LogP contribution in [-0.4, -0.2) is 45.8 Å². The number of imide groups is 2. The van der Waals surface area contributed by atoms with Gasteiger partial charge >= 0.3 is 0 Å². The van der Waals surface area contributed by atoms with Crippen molar-refractivity contribution in [2.45, 2.75) is 37.8 Å². The van der Waals surface area contributed by atoms with Crippen LogP contribution in [0.25, 0.3) is 0 Å². The van der Waals surface area contributed by atoms with E-state index in [9.17, 15) is 24.3 Å². The summed E-state index contributed by atoms with van der Waals surface area (Å²) in [4.78, 5) is 49.3. The molecule has 7 nitrogen and oxygen atoms in total. The van der Waals surface area contributed by atoms with E-state index in [0.29, 0.717) is 12.8 Å². The Kier molecular flexibility index (Phi) is 2.89. The average Bonchev–Trinajstić information content (AvgIpc) is 2.96. The van der Waals surface area contributed by atoms with Crippen molar-refractivity contribution >= 4 is 23.6 Å². The summed E-state index contributed by atoms with van der Waals surface area (Å²) in [7, 11) is 0. The van der Waals surface area contributed by atoms with E-state index >= 15 is 0 Å². The zero-order valence-electron chi connectivity index (χ0n) is 12.2. The lowest BCUT2D eigenvalue weighted by molar-refractivity contribution is -0.136. The van der Waals surface area contributed by atoms with Gasteiger partial charge in [0.2, 0.25) is 11.8 Å². The van der Waals surface area contributed by atoms with E-state index in [1.165, 1.54) is 0 Å². The van der Waals surface area contributed by atoms with Crippen LogP contribution in [0.5, 0.6) is 0 Å². The van der Waals surface area contributed by atoms with E-state index in [0.717, 1.165) is 16.0 Å². The second kappa shape index (κ2) is 4.73. The summed E-state index contributed by atoms with van der Waals surface area (Å²) in [6.45, 7) is 0. The lowest BCUT2D eigenvalue weighted by atomic mass is 10.0. The number of rotatable bonds is 1. The first-order chi connectivity index (χ1) is 11.0. The molecule has 0 saturated carbocycles. The molecule has 1 aliphatic carbocycles. The monoisotopic (exact) mass is 314 g/mol. The van der Waals surface area contributed by atoms with E-state index in [4.69, 9.17) is 0 Å². The highest BCUT2D eigenvalue weighted by Gasteiger charge is 2.45. The maximum atomic E-state index is 12.6. The Hall–Kier alpha value is -2.54.